The highest BCUT2D eigenvalue weighted by molar-refractivity contribution is 5.99. The summed E-state index contributed by atoms with van der Waals surface area (Å²) in [6.45, 7) is 4.89. The van der Waals surface area contributed by atoms with Gasteiger partial charge < -0.3 is 14.6 Å². The molecule has 1 saturated heterocycles. The van der Waals surface area contributed by atoms with Crippen molar-refractivity contribution in [3.05, 3.63) is 30.2 Å². The van der Waals surface area contributed by atoms with Crippen molar-refractivity contribution in [1.29, 1.82) is 0 Å². The molecular weight excluding hydrogens is 423 g/mol. The van der Waals surface area contributed by atoms with Gasteiger partial charge in [-0.1, -0.05) is 0 Å². The Balaban J connectivity index is 1.79. The fraction of sp³-hybridized carbons (Fsp3) is 0.500. The third-order valence-electron chi connectivity index (χ3n) is 4.10. The van der Waals surface area contributed by atoms with Gasteiger partial charge in [-0.05, 0) is 26.8 Å². The lowest BCUT2D eigenvalue weighted by atomic mass is 10.1. The number of aromatic nitrogens is 4. The number of alkyl halides is 3. The van der Waals surface area contributed by atoms with Gasteiger partial charge in [0.15, 0.2) is 23.7 Å². The lowest BCUT2D eigenvalue weighted by molar-refractivity contribution is -0.177. The second-order valence-corrected chi connectivity index (χ2v) is 7.67. The van der Waals surface area contributed by atoms with E-state index in [4.69, 9.17) is 9.47 Å². The summed E-state index contributed by atoms with van der Waals surface area (Å²) in [4.78, 5) is 26.0. The molecule has 1 fully saturated rings. The molecule has 3 heterocycles. The maximum atomic E-state index is 12.9. The number of carbonyl (C=O) groups excluding carboxylic acids is 2. The Labute approximate surface area is 174 Å². The molecule has 13 heteroatoms. The molecule has 0 aliphatic carbocycles. The zero-order chi connectivity index (χ0) is 23.0. The predicted molar refractivity (Wildman–Crippen MR) is 98.1 cm³/mol. The van der Waals surface area contributed by atoms with Crippen LogP contribution in [-0.2, 0) is 25.2 Å². The molecule has 0 aromatic carbocycles. The minimum atomic E-state index is -4.68. The largest absolute Gasteiger partial charge is 0.458 e. The zero-order valence-electron chi connectivity index (χ0n) is 16.8. The second kappa shape index (κ2) is 8.23. The first-order valence-corrected chi connectivity index (χ1v) is 9.17. The molecule has 2 unspecified atom stereocenters. The fourth-order valence-electron chi connectivity index (χ4n) is 2.77. The van der Waals surface area contributed by atoms with Gasteiger partial charge in [0.1, 0.15) is 5.60 Å². The Kier molecular flexibility index (Phi) is 6.00. The Morgan fingerprint density at radius 3 is 2.71 bits per heavy atom. The molecular formula is C18H20F3N5O5. The molecule has 2 aromatic heterocycles. The van der Waals surface area contributed by atoms with E-state index in [1.807, 2.05) is 0 Å². The van der Waals surface area contributed by atoms with Crippen LogP contribution in [0.25, 0.3) is 5.69 Å². The van der Waals surface area contributed by atoms with E-state index in [1.165, 1.54) is 12.3 Å². The van der Waals surface area contributed by atoms with Crippen molar-refractivity contribution in [1.82, 2.24) is 20.0 Å². The van der Waals surface area contributed by atoms with E-state index in [0.717, 1.165) is 21.8 Å². The first-order chi connectivity index (χ1) is 14.4. The first kappa shape index (κ1) is 22.6. The number of hydrogen-bond acceptors (Lipinski definition) is 8. The maximum absolute atomic E-state index is 12.9. The van der Waals surface area contributed by atoms with Crippen molar-refractivity contribution in [2.45, 2.75) is 44.8 Å². The highest BCUT2D eigenvalue weighted by atomic mass is 19.4. The smallest absolute Gasteiger partial charge is 0.435 e. The summed E-state index contributed by atoms with van der Waals surface area (Å²) in [5, 5.41) is 20.7. The Bertz CT molecular complexity index is 972. The summed E-state index contributed by atoms with van der Waals surface area (Å²) < 4.78 is 50.0. The summed E-state index contributed by atoms with van der Waals surface area (Å²) in [6.07, 6.45) is -5.61. The van der Waals surface area contributed by atoms with Crippen molar-refractivity contribution in [3.8, 4) is 5.69 Å². The number of rotatable bonds is 4. The number of aliphatic hydroxyl groups excluding tert-OH is 1. The monoisotopic (exact) mass is 443 g/mol. The quantitative estimate of drug-likeness (QED) is 0.698. The number of esters is 1. The van der Waals surface area contributed by atoms with Crippen LogP contribution in [0.5, 0.6) is 0 Å². The van der Waals surface area contributed by atoms with E-state index in [9.17, 15) is 27.9 Å². The van der Waals surface area contributed by atoms with Crippen molar-refractivity contribution >= 4 is 17.7 Å². The van der Waals surface area contributed by atoms with Gasteiger partial charge in [-0.15, -0.1) is 10.2 Å². The third kappa shape index (κ3) is 5.17. The van der Waals surface area contributed by atoms with Crippen LogP contribution in [-0.4, -0.2) is 67.9 Å². The van der Waals surface area contributed by atoms with Gasteiger partial charge in [0, 0.05) is 12.3 Å². The van der Waals surface area contributed by atoms with Gasteiger partial charge in [-0.3, -0.25) is 9.69 Å². The summed E-state index contributed by atoms with van der Waals surface area (Å²) in [7, 11) is 0. The normalized spacial score (nSPS) is 18.7. The van der Waals surface area contributed by atoms with Crippen molar-refractivity contribution in [2.75, 3.05) is 18.1 Å². The SMILES string of the molecule is CC(C)(C)OC(=O)C(O)C1OCCN(c2ccn(-c3cnnc(C(F)(F)F)c3)n2)C1=O. The third-order valence-corrected chi connectivity index (χ3v) is 4.10. The maximum Gasteiger partial charge on any atom is 0.435 e. The first-order valence-electron chi connectivity index (χ1n) is 9.17. The molecule has 168 valence electrons. The van der Waals surface area contributed by atoms with E-state index in [2.05, 4.69) is 15.3 Å². The lowest BCUT2D eigenvalue weighted by Gasteiger charge is -2.33. The highest BCUT2D eigenvalue weighted by Crippen LogP contribution is 2.28. The van der Waals surface area contributed by atoms with Crippen LogP contribution in [0.15, 0.2) is 24.5 Å². The molecule has 2 aromatic rings. The van der Waals surface area contributed by atoms with E-state index in [0.29, 0.717) is 0 Å². The molecule has 0 saturated carbocycles. The number of carbonyl (C=O) groups is 2. The number of nitrogens with zero attached hydrogens (tertiary/aromatic N) is 5. The molecule has 0 radical (unpaired) electrons. The molecule has 0 spiro atoms. The van der Waals surface area contributed by atoms with Crippen LogP contribution < -0.4 is 4.90 Å². The van der Waals surface area contributed by atoms with Crippen molar-refractivity contribution in [3.63, 3.8) is 0 Å². The van der Waals surface area contributed by atoms with E-state index < -0.39 is 41.6 Å². The number of amides is 1. The topological polar surface area (TPSA) is 120 Å². The Morgan fingerprint density at radius 2 is 2.06 bits per heavy atom. The fourth-order valence-corrected chi connectivity index (χ4v) is 2.77. The second-order valence-electron chi connectivity index (χ2n) is 7.67. The predicted octanol–water partition coefficient (Wildman–Crippen LogP) is 1.12. The summed E-state index contributed by atoms with van der Waals surface area (Å²) in [5.74, 6) is -1.65. The highest BCUT2D eigenvalue weighted by Gasteiger charge is 2.41. The van der Waals surface area contributed by atoms with Crippen LogP contribution in [0.2, 0.25) is 0 Å². The number of halogens is 3. The Hall–Kier alpha value is -3.06. The van der Waals surface area contributed by atoms with Crippen molar-refractivity contribution in [2.24, 2.45) is 0 Å². The molecule has 2 atom stereocenters. The number of morpholine rings is 1. The van der Waals surface area contributed by atoms with Crippen LogP contribution >= 0.6 is 0 Å². The molecule has 3 rings (SSSR count). The minimum Gasteiger partial charge on any atom is -0.458 e. The Morgan fingerprint density at radius 1 is 1.35 bits per heavy atom. The average molecular weight is 443 g/mol. The van der Waals surface area contributed by atoms with Crippen LogP contribution in [0, 0.1) is 0 Å². The number of anilines is 1. The molecule has 31 heavy (non-hydrogen) atoms. The summed E-state index contributed by atoms with van der Waals surface area (Å²) in [5.41, 5.74) is -2.08. The molecule has 1 amide bonds. The number of hydrogen-bond donors (Lipinski definition) is 1. The van der Waals surface area contributed by atoms with Gasteiger partial charge in [0.05, 0.1) is 25.0 Å². The van der Waals surface area contributed by atoms with Gasteiger partial charge in [-0.2, -0.15) is 18.3 Å². The van der Waals surface area contributed by atoms with E-state index in [1.54, 1.807) is 20.8 Å². The average Bonchev–Trinajstić information content (AvgIpc) is 3.16. The van der Waals surface area contributed by atoms with Crippen LogP contribution in [0.1, 0.15) is 26.5 Å². The standard InChI is InChI=1S/C18H20F3N5O5/c1-17(2,3)31-16(29)13(27)14-15(28)25(6-7-30-14)12-4-5-26(24-12)10-8-11(18(19,20)21)23-22-9-10/h4-5,8-9,13-14,27H,6-7H2,1-3H3. The molecule has 1 N–H and O–H groups in total. The zero-order valence-corrected chi connectivity index (χ0v) is 16.8. The van der Waals surface area contributed by atoms with Gasteiger partial charge in [-0.25, -0.2) is 9.48 Å². The lowest BCUT2D eigenvalue weighted by Crippen LogP contribution is -2.55. The van der Waals surface area contributed by atoms with Crippen LogP contribution in [0.3, 0.4) is 0 Å². The summed E-state index contributed by atoms with van der Waals surface area (Å²) >= 11 is 0. The van der Waals surface area contributed by atoms with E-state index in [-0.39, 0.29) is 24.7 Å². The van der Waals surface area contributed by atoms with Gasteiger partial charge >= 0.3 is 12.1 Å². The number of aliphatic hydroxyl groups is 1. The van der Waals surface area contributed by atoms with Crippen LogP contribution in [0.4, 0.5) is 19.0 Å². The summed E-state index contributed by atoms with van der Waals surface area (Å²) in [6, 6.07) is 2.16. The molecule has 0 bridgehead atoms. The molecule has 10 nitrogen and oxygen atoms in total. The minimum absolute atomic E-state index is 0.00183. The number of ether oxygens (including phenoxy) is 2. The molecule has 1 aliphatic rings. The van der Waals surface area contributed by atoms with E-state index >= 15 is 0 Å². The van der Waals surface area contributed by atoms with Gasteiger partial charge in [0.2, 0.25) is 0 Å². The van der Waals surface area contributed by atoms with Gasteiger partial charge in [0.25, 0.3) is 5.91 Å². The molecule has 1 aliphatic heterocycles. The van der Waals surface area contributed by atoms with Crippen molar-refractivity contribution < 1.29 is 37.3 Å².